The number of halogens is 1. The van der Waals surface area contributed by atoms with E-state index in [0.717, 1.165) is 10.9 Å². The second kappa shape index (κ2) is 9.32. The first-order chi connectivity index (χ1) is 13.5. The minimum Gasteiger partial charge on any atom is -0.487 e. The number of likely N-dealkylation sites (N-methyl/N-ethyl adjacent to an activating group) is 1. The number of carboxylic acid groups (broad SMARTS) is 1. The van der Waals surface area contributed by atoms with Crippen molar-refractivity contribution >= 4 is 27.8 Å². The average molecular weight is 442 g/mol. The minimum absolute atomic E-state index is 0.0372. The van der Waals surface area contributed by atoms with E-state index in [9.17, 15) is 9.90 Å². The van der Waals surface area contributed by atoms with Crippen LogP contribution in [-0.4, -0.2) is 34.6 Å². The van der Waals surface area contributed by atoms with Gasteiger partial charge in [-0.05, 0) is 30.2 Å². The van der Waals surface area contributed by atoms with Gasteiger partial charge in [0.05, 0.1) is 5.69 Å². The monoisotopic (exact) mass is 441 g/mol. The Bertz CT molecular complexity index is 951. The molecule has 0 bridgehead atoms. The number of carbonyl (C=O) groups is 1. The predicted molar refractivity (Wildman–Crippen MR) is 111 cm³/mol. The molecule has 1 N–H and O–H groups in total. The van der Waals surface area contributed by atoms with Crippen LogP contribution in [0.4, 0.5) is 5.95 Å². The number of benzene rings is 2. The zero-order valence-electron chi connectivity index (χ0n) is 15.4. The zero-order valence-corrected chi connectivity index (χ0v) is 17.0. The fraction of sp³-hybridized carbons (Fsp3) is 0.190. The highest BCUT2D eigenvalue weighted by Crippen LogP contribution is 2.20. The Balaban J connectivity index is 1.73. The van der Waals surface area contributed by atoms with Crippen LogP contribution in [0.15, 0.2) is 65.3 Å². The van der Waals surface area contributed by atoms with Gasteiger partial charge in [0, 0.05) is 24.3 Å². The Morgan fingerprint density at radius 2 is 1.96 bits per heavy atom. The number of aromatic nitrogens is 2. The van der Waals surface area contributed by atoms with Crippen molar-refractivity contribution in [3.05, 3.63) is 82.1 Å². The Morgan fingerprint density at radius 1 is 1.18 bits per heavy atom. The third kappa shape index (κ3) is 5.29. The first-order valence-corrected chi connectivity index (χ1v) is 9.55. The number of ether oxygens (including phenoxy) is 1. The summed E-state index contributed by atoms with van der Waals surface area (Å²) in [4.78, 5) is 22.1. The lowest BCUT2D eigenvalue weighted by molar-refractivity contribution is 0.0692. The lowest BCUT2D eigenvalue weighted by atomic mass is 10.1. The van der Waals surface area contributed by atoms with Gasteiger partial charge < -0.3 is 14.7 Å². The van der Waals surface area contributed by atoms with E-state index in [1.165, 1.54) is 11.8 Å². The molecule has 0 aliphatic carbocycles. The maximum Gasteiger partial charge on any atom is 0.339 e. The maximum absolute atomic E-state index is 11.5. The van der Waals surface area contributed by atoms with E-state index in [4.69, 9.17) is 4.74 Å². The second-order valence-corrected chi connectivity index (χ2v) is 7.15. The van der Waals surface area contributed by atoms with E-state index in [2.05, 4.69) is 38.0 Å². The highest BCUT2D eigenvalue weighted by Gasteiger charge is 2.16. The van der Waals surface area contributed by atoms with E-state index >= 15 is 0 Å². The van der Waals surface area contributed by atoms with E-state index in [0.29, 0.717) is 23.9 Å². The van der Waals surface area contributed by atoms with Crippen LogP contribution in [0.3, 0.4) is 0 Å². The SMILES string of the molecule is CN(CCc1ccccc1)c1ncc(C(=O)O)c(COc2cccc(Br)c2)n1. The molecule has 2 aromatic carbocycles. The molecule has 0 saturated carbocycles. The summed E-state index contributed by atoms with van der Waals surface area (Å²) in [5.74, 6) is 0.0170. The van der Waals surface area contributed by atoms with E-state index in [1.807, 2.05) is 48.3 Å². The van der Waals surface area contributed by atoms with Crippen molar-refractivity contribution in [1.82, 2.24) is 9.97 Å². The fourth-order valence-corrected chi connectivity index (χ4v) is 3.01. The molecule has 3 rings (SSSR count). The number of aromatic carboxylic acids is 1. The summed E-state index contributed by atoms with van der Waals surface area (Å²) in [5.41, 5.74) is 1.59. The lowest BCUT2D eigenvalue weighted by Crippen LogP contribution is -2.24. The molecule has 6 nitrogen and oxygen atoms in total. The van der Waals surface area contributed by atoms with Gasteiger partial charge in [0.1, 0.15) is 17.9 Å². The van der Waals surface area contributed by atoms with Crippen molar-refractivity contribution in [3.63, 3.8) is 0 Å². The highest BCUT2D eigenvalue weighted by molar-refractivity contribution is 9.10. The van der Waals surface area contributed by atoms with Crippen molar-refractivity contribution in [2.24, 2.45) is 0 Å². The summed E-state index contributed by atoms with van der Waals surface area (Å²) in [7, 11) is 1.89. The molecule has 0 unspecified atom stereocenters. The number of nitrogens with zero attached hydrogens (tertiary/aromatic N) is 3. The molecule has 0 spiro atoms. The van der Waals surface area contributed by atoms with Crippen LogP contribution in [0.1, 0.15) is 21.6 Å². The molecular formula is C21H20BrN3O3. The Kier molecular flexibility index (Phi) is 6.60. The smallest absolute Gasteiger partial charge is 0.339 e. The predicted octanol–water partition coefficient (Wildman–Crippen LogP) is 4.20. The van der Waals surface area contributed by atoms with Gasteiger partial charge in [-0.2, -0.15) is 0 Å². The van der Waals surface area contributed by atoms with E-state index in [-0.39, 0.29) is 12.2 Å². The van der Waals surface area contributed by atoms with Crippen LogP contribution in [0.2, 0.25) is 0 Å². The van der Waals surface area contributed by atoms with Crippen LogP contribution in [0.25, 0.3) is 0 Å². The second-order valence-electron chi connectivity index (χ2n) is 6.24. The van der Waals surface area contributed by atoms with Crippen LogP contribution >= 0.6 is 15.9 Å². The van der Waals surface area contributed by atoms with Gasteiger partial charge in [0.25, 0.3) is 0 Å². The van der Waals surface area contributed by atoms with Gasteiger partial charge in [-0.3, -0.25) is 0 Å². The third-order valence-corrected chi connectivity index (χ3v) is 4.67. The standard InChI is InChI=1S/C21H20BrN3O3/c1-25(11-10-15-6-3-2-4-7-15)21-23-13-18(20(26)27)19(24-21)14-28-17-9-5-8-16(22)12-17/h2-9,12-13H,10-11,14H2,1H3,(H,26,27). The zero-order chi connectivity index (χ0) is 19.9. The summed E-state index contributed by atoms with van der Waals surface area (Å²) in [6.45, 7) is 0.752. The number of carboxylic acids is 1. The van der Waals surface area contributed by atoms with Gasteiger partial charge in [0.2, 0.25) is 5.95 Å². The Labute approximate surface area is 172 Å². The number of hydrogen-bond donors (Lipinski definition) is 1. The summed E-state index contributed by atoms with van der Waals surface area (Å²) in [6.07, 6.45) is 2.18. The molecule has 1 heterocycles. The summed E-state index contributed by atoms with van der Waals surface area (Å²) < 4.78 is 6.61. The Morgan fingerprint density at radius 3 is 2.68 bits per heavy atom. The number of rotatable bonds is 8. The lowest BCUT2D eigenvalue weighted by Gasteiger charge is -2.18. The van der Waals surface area contributed by atoms with E-state index < -0.39 is 5.97 Å². The molecule has 0 amide bonds. The summed E-state index contributed by atoms with van der Waals surface area (Å²) in [5, 5.41) is 9.43. The molecule has 0 fully saturated rings. The molecule has 0 atom stereocenters. The third-order valence-electron chi connectivity index (χ3n) is 4.18. The molecule has 7 heteroatoms. The van der Waals surface area contributed by atoms with Crippen LogP contribution in [0, 0.1) is 0 Å². The van der Waals surface area contributed by atoms with Crippen molar-refractivity contribution < 1.29 is 14.6 Å². The topological polar surface area (TPSA) is 75.6 Å². The van der Waals surface area contributed by atoms with Crippen LogP contribution in [-0.2, 0) is 13.0 Å². The normalized spacial score (nSPS) is 10.5. The number of hydrogen-bond acceptors (Lipinski definition) is 5. The van der Waals surface area contributed by atoms with Crippen molar-refractivity contribution in [1.29, 1.82) is 0 Å². The average Bonchev–Trinajstić information content (AvgIpc) is 2.71. The largest absolute Gasteiger partial charge is 0.487 e. The molecule has 1 aromatic heterocycles. The van der Waals surface area contributed by atoms with Gasteiger partial charge in [-0.15, -0.1) is 0 Å². The number of anilines is 1. The highest BCUT2D eigenvalue weighted by atomic mass is 79.9. The van der Waals surface area contributed by atoms with Crippen molar-refractivity contribution in [3.8, 4) is 5.75 Å². The molecule has 28 heavy (non-hydrogen) atoms. The molecule has 3 aromatic rings. The molecule has 0 aliphatic rings. The maximum atomic E-state index is 11.5. The van der Waals surface area contributed by atoms with Gasteiger partial charge in [0.15, 0.2) is 0 Å². The quantitative estimate of drug-likeness (QED) is 0.564. The minimum atomic E-state index is -1.08. The van der Waals surface area contributed by atoms with Gasteiger partial charge >= 0.3 is 5.97 Å². The summed E-state index contributed by atoms with van der Waals surface area (Å²) >= 11 is 3.39. The Hall–Kier alpha value is -2.93. The van der Waals surface area contributed by atoms with Crippen LogP contribution in [0.5, 0.6) is 5.75 Å². The van der Waals surface area contributed by atoms with Crippen molar-refractivity contribution in [2.75, 3.05) is 18.5 Å². The first-order valence-electron chi connectivity index (χ1n) is 8.75. The molecule has 0 aliphatic heterocycles. The first kappa shape index (κ1) is 19.8. The van der Waals surface area contributed by atoms with Crippen LogP contribution < -0.4 is 9.64 Å². The van der Waals surface area contributed by atoms with Crippen molar-refractivity contribution in [2.45, 2.75) is 13.0 Å². The van der Waals surface area contributed by atoms with E-state index in [1.54, 1.807) is 6.07 Å². The van der Waals surface area contributed by atoms with Gasteiger partial charge in [-0.25, -0.2) is 14.8 Å². The molecule has 0 radical (unpaired) electrons. The summed E-state index contributed by atoms with van der Waals surface area (Å²) in [6, 6.07) is 17.5. The molecular weight excluding hydrogens is 422 g/mol. The molecule has 0 saturated heterocycles. The molecule has 144 valence electrons. The van der Waals surface area contributed by atoms with Gasteiger partial charge in [-0.1, -0.05) is 52.3 Å². The fourth-order valence-electron chi connectivity index (χ4n) is 2.63.